The second kappa shape index (κ2) is 5.10. The predicted molar refractivity (Wildman–Crippen MR) is 76.3 cm³/mol. The summed E-state index contributed by atoms with van der Waals surface area (Å²) in [7, 11) is 1.66. The zero-order valence-corrected chi connectivity index (χ0v) is 12.7. The molecule has 2 N–H and O–H groups in total. The van der Waals surface area contributed by atoms with Crippen LogP contribution in [0.15, 0.2) is 16.6 Å². The lowest BCUT2D eigenvalue weighted by atomic mass is 10.0. The van der Waals surface area contributed by atoms with Gasteiger partial charge in [0, 0.05) is 15.6 Å². The van der Waals surface area contributed by atoms with Gasteiger partial charge >= 0.3 is 0 Å². The molecule has 1 aliphatic carbocycles. The minimum Gasteiger partial charge on any atom is -0.493 e. The average Bonchev–Trinajstić information content (AvgIpc) is 3.02. The number of nitrogens with two attached hydrogens (primary N) is 1. The predicted octanol–water partition coefficient (Wildman–Crippen LogP) is 3.28. The van der Waals surface area contributed by atoms with Gasteiger partial charge in [0.15, 0.2) is 11.5 Å². The molecule has 0 saturated heterocycles. The lowest BCUT2D eigenvalue weighted by Gasteiger charge is -2.20. The second-order valence-electron chi connectivity index (χ2n) is 5.26. The summed E-state index contributed by atoms with van der Waals surface area (Å²) in [6, 6.07) is 3.91. The van der Waals surface area contributed by atoms with E-state index < -0.39 is 0 Å². The molecule has 100 valence electrons. The summed E-state index contributed by atoms with van der Waals surface area (Å²) in [5.74, 6) is 1.59. The van der Waals surface area contributed by atoms with E-state index in [4.69, 9.17) is 15.2 Å². The summed E-state index contributed by atoms with van der Waals surface area (Å²) in [6.45, 7) is 4.03. The van der Waals surface area contributed by atoms with Crippen molar-refractivity contribution < 1.29 is 9.47 Å². The van der Waals surface area contributed by atoms with Gasteiger partial charge in [0.2, 0.25) is 0 Å². The van der Waals surface area contributed by atoms with Crippen molar-refractivity contribution in [3.8, 4) is 11.5 Å². The molecule has 0 aromatic heterocycles. The highest BCUT2D eigenvalue weighted by Gasteiger charge is 2.39. The number of hydrogen-bond acceptors (Lipinski definition) is 3. The van der Waals surface area contributed by atoms with E-state index in [1.165, 1.54) is 0 Å². The molecule has 1 aliphatic rings. The summed E-state index contributed by atoms with van der Waals surface area (Å²) in [5, 5.41) is 0. The average molecular weight is 314 g/mol. The minimum atomic E-state index is -0.0516. The van der Waals surface area contributed by atoms with Crippen LogP contribution in [-0.4, -0.2) is 18.8 Å². The van der Waals surface area contributed by atoms with Gasteiger partial charge in [0.25, 0.3) is 0 Å². The highest BCUT2D eigenvalue weighted by Crippen LogP contribution is 2.43. The van der Waals surface area contributed by atoms with Crippen molar-refractivity contribution in [3.05, 3.63) is 22.2 Å². The number of hydrogen-bond donors (Lipinski definition) is 1. The highest BCUT2D eigenvalue weighted by molar-refractivity contribution is 9.10. The summed E-state index contributed by atoms with van der Waals surface area (Å²) in [4.78, 5) is 0. The summed E-state index contributed by atoms with van der Waals surface area (Å²) < 4.78 is 12.3. The Balaban J connectivity index is 2.39. The third kappa shape index (κ3) is 2.98. The Morgan fingerprint density at radius 1 is 1.39 bits per heavy atom. The molecular formula is C14H20BrNO2. The van der Waals surface area contributed by atoms with E-state index in [0.29, 0.717) is 0 Å². The largest absolute Gasteiger partial charge is 0.493 e. The molecule has 0 spiro atoms. The van der Waals surface area contributed by atoms with Crippen LogP contribution in [0.3, 0.4) is 0 Å². The van der Waals surface area contributed by atoms with E-state index in [2.05, 4.69) is 15.9 Å². The Bertz CT molecular complexity index is 442. The first-order valence-corrected chi connectivity index (χ1v) is 7.05. The van der Waals surface area contributed by atoms with Crippen LogP contribution in [-0.2, 0) is 6.42 Å². The Morgan fingerprint density at radius 3 is 2.56 bits per heavy atom. The van der Waals surface area contributed by atoms with E-state index in [1.807, 2.05) is 26.0 Å². The molecule has 0 heterocycles. The van der Waals surface area contributed by atoms with Crippen molar-refractivity contribution in [3.63, 3.8) is 0 Å². The van der Waals surface area contributed by atoms with Crippen LogP contribution < -0.4 is 15.2 Å². The molecule has 3 nitrogen and oxygen atoms in total. The molecule has 18 heavy (non-hydrogen) atoms. The van der Waals surface area contributed by atoms with E-state index in [1.54, 1.807) is 7.11 Å². The summed E-state index contributed by atoms with van der Waals surface area (Å²) >= 11 is 3.59. The minimum absolute atomic E-state index is 0.0516. The van der Waals surface area contributed by atoms with Crippen molar-refractivity contribution in [2.45, 2.75) is 44.8 Å². The zero-order chi connectivity index (χ0) is 13.3. The molecule has 0 amide bonds. The van der Waals surface area contributed by atoms with Gasteiger partial charge in [-0.25, -0.2) is 0 Å². The Labute approximate surface area is 117 Å². The van der Waals surface area contributed by atoms with E-state index >= 15 is 0 Å². The van der Waals surface area contributed by atoms with Gasteiger partial charge < -0.3 is 15.2 Å². The van der Waals surface area contributed by atoms with Gasteiger partial charge in [0.05, 0.1) is 13.2 Å². The molecule has 0 atom stereocenters. The van der Waals surface area contributed by atoms with Crippen LogP contribution in [0, 0.1) is 0 Å². The first-order valence-electron chi connectivity index (χ1n) is 6.26. The number of halogens is 1. The van der Waals surface area contributed by atoms with E-state index in [9.17, 15) is 0 Å². The molecule has 1 aromatic carbocycles. The van der Waals surface area contributed by atoms with Gasteiger partial charge in [-0.05, 0) is 45.2 Å². The summed E-state index contributed by atoms with van der Waals surface area (Å²) in [5.41, 5.74) is 7.28. The van der Waals surface area contributed by atoms with Crippen LogP contribution in [0.1, 0.15) is 32.3 Å². The molecule has 2 rings (SSSR count). The molecule has 1 saturated carbocycles. The molecule has 4 heteroatoms. The number of benzene rings is 1. The topological polar surface area (TPSA) is 44.5 Å². The van der Waals surface area contributed by atoms with E-state index in [-0.39, 0.29) is 11.6 Å². The van der Waals surface area contributed by atoms with Crippen molar-refractivity contribution in [1.82, 2.24) is 0 Å². The normalized spacial score (nSPS) is 16.8. The fraction of sp³-hybridized carbons (Fsp3) is 0.571. The second-order valence-corrected chi connectivity index (χ2v) is 6.12. The van der Waals surface area contributed by atoms with Crippen LogP contribution in [0.5, 0.6) is 11.5 Å². The number of methoxy groups -OCH3 is 1. The molecule has 0 aliphatic heterocycles. The third-order valence-electron chi connectivity index (χ3n) is 3.16. The van der Waals surface area contributed by atoms with E-state index in [0.717, 1.165) is 40.8 Å². The zero-order valence-electron chi connectivity index (χ0n) is 11.1. The maximum Gasteiger partial charge on any atom is 0.165 e. The first-order chi connectivity index (χ1) is 8.45. The van der Waals surface area contributed by atoms with Crippen molar-refractivity contribution >= 4 is 15.9 Å². The van der Waals surface area contributed by atoms with Gasteiger partial charge in [-0.15, -0.1) is 0 Å². The van der Waals surface area contributed by atoms with Crippen molar-refractivity contribution in [2.24, 2.45) is 5.73 Å². The number of rotatable bonds is 5. The SMILES string of the molecule is COc1ccc(Br)c(CC2(N)CC2)c1OC(C)C. The molecule has 1 fully saturated rings. The molecule has 0 bridgehead atoms. The smallest absolute Gasteiger partial charge is 0.165 e. The van der Waals surface area contributed by atoms with Crippen molar-refractivity contribution in [1.29, 1.82) is 0 Å². The molecule has 0 unspecified atom stereocenters. The monoisotopic (exact) mass is 313 g/mol. The fourth-order valence-corrected chi connectivity index (χ4v) is 2.41. The Kier molecular flexibility index (Phi) is 3.87. The number of ether oxygens (including phenoxy) is 2. The van der Waals surface area contributed by atoms with Crippen LogP contribution in [0.2, 0.25) is 0 Å². The lowest BCUT2D eigenvalue weighted by molar-refractivity contribution is 0.227. The van der Waals surface area contributed by atoms with Gasteiger partial charge in [0.1, 0.15) is 0 Å². The Morgan fingerprint density at radius 2 is 2.06 bits per heavy atom. The van der Waals surface area contributed by atoms with Crippen LogP contribution in [0.25, 0.3) is 0 Å². The highest BCUT2D eigenvalue weighted by atomic mass is 79.9. The first kappa shape index (κ1) is 13.7. The van der Waals surface area contributed by atoms with Crippen LogP contribution in [0.4, 0.5) is 0 Å². The summed E-state index contributed by atoms with van der Waals surface area (Å²) in [6.07, 6.45) is 3.10. The fourth-order valence-electron chi connectivity index (χ4n) is 1.96. The van der Waals surface area contributed by atoms with Crippen LogP contribution >= 0.6 is 15.9 Å². The van der Waals surface area contributed by atoms with Gasteiger partial charge in [-0.3, -0.25) is 0 Å². The lowest BCUT2D eigenvalue weighted by Crippen LogP contribution is -2.25. The van der Waals surface area contributed by atoms with Gasteiger partial charge in [-0.2, -0.15) is 0 Å². The Hall–Kier alpha value is -0.740. The standard InChI is InChI=1S/C14H20BrNO2/c1-9(2)18-13-10(8-14(16)6-7-14)11(15)4-5-12(13)17-3/h4-5,9H,6-8,16H2,1-3H3. The maximum absolute atomic E-state index is 6.22. The quantitative estimate of drug-likeness (QED) is 0.907. The van der Waals surface area contributed by atoms with Gasteiger partial charge in [-0.1, -0.05) is 15.9 Å². The third-order valence-corrected chi connectivity index (χ3v) is 3.90. The molecule has 1 aromatic rings. The molecular weight excluding hydrogens is 294 g/mol. The molecule has 0 radical (unpaired) electrons. The van der Waals surface area contributed by atoms with Crippen molar-refractivity contribution in [2.75, 3.05) is 7.11 Å². The maximum atomic E-state index is 6.22.